The number of benzene rings is 9. The fourth-order valence-electron chi connectivity index (χ4n) is 9.58. The van der Waals surface area contributed by atoms with Crippen molar-refractivity contribution in [2.75, 3.05) is 0 Å². The molecule has 9 aromatic carbocycles. The average molecular weight is 748 g/mol. The van der Waals surface area contributed by atoms with Crippen LogP contribution in [0.2, 0.25) is 0 Å². The number of fused-ring (bicyclic) bond motifs is 6. The molecule has 11 aromatic rings. The lowest BCUT2D eigenvalue weighted by molar-refractivity contribution is 0.669. The second-order valence-corrected chi connectivity index (χ2v) is 16.0. The quantitative estimate of drug-likeness (QED) is 0.180. The molecule has 0 atom stereocenters. The van der Waals surface area contributed by atoms with Gasteiger partial charge in [-0.1, -0.05) is 126 Å². The summed E-state index contributed by atoms with van der Waals surface area (Å²) in [6, 6.07) is 59.3. The van der Waals surface area contributed by atoms with E-state index < -0.39 is 0 Å². The Kier molecular flexibility index (Phi) is 8.13. The highest BCUT2D eigenvalue weighted by molar-refractivity contribution is 6.68. The Morgan fingerprint density at radius 1 is 0.373 bits per heavy atom. The van der Waals surface area contributed by atoms with E-state index in [9.17, 15) is 0 Å². The van der Waals surface area contributed by atoms with Crippen molar-refractivity contribution >= 4 is 121 Å². The van der Waals surface area contributed by atoms with Gasteiger partial charge in [-0.2, -0.15) is 0 Å². The fourth-order valence-corrected chi connectivity index (χ4v) is 9.58. The second-order valence-electron chi connectivity index (χ2n) is 16.0. The van der Waals surface area contributed by atoms with Gasteiger partial charge in [-0.3, -0.25) is 4.57 Å². The first-order valence-electron chi connectivity index (χ1n) is 20.5. The molecule has 3 nitrogen and oxygen atoms in total. The summed E-state index contributed by atoms with van der Waals surface area (Å²) in [6.07, 6.45) is 0. The van der Waals surface area contributed by atoms with Crippen LogP contribution in [0.5, 0.6) is 0 Å². The van der Waals surface area contributed by atoms with Gasteiger partial charge in [0, 0.05) is 22.0 Å². The first kappa shape index (κ1) is 35.3. The van der Waals surface area contributed by atoms with Crippen molar-refractivity contribution < 1.29 is 4.42 Å². The van der Waals surface area contributed by atoms with Crippen molar-refractivity contribution in [1.29, 1.82) is 0 Å². The topological polar surface area (TPSA) is 31.0 Å². The molecule has 11 rings (SSSR count). The van der Waals surface area contributed by atoms with Gasteiger partial charge in [-0.15, -0.1) is 16.4 Å². The maximum atomic E-state index is 6.30. The van der Waals surface area contributed by atoms with Gasteiger partial charge in [0.2, 0.25) is 0 Å². The van der Waals surface area contributed by atoms with E-state index in [0.717, 1.165) is 50.0 Å². The summed E-state index contributed by atoms with van der Waals surface area (Å²) in [7, 11) is 11.2. The number of rotatable bonds is 5. The molecule has 2 aromatic heterocycles. The Labute approximate surface area is 347 Å². The van der Waals surface area contributed by atoms with Crippen LogP contribution in [-0.4, -0.2) is 48.8 Å². The highest BCUT2D eigenvalue weighted by Gasteiger charge is 2.23. The molecule has 0 aliphatic carbocycles. The van der Waals surface area contributed by atoms with Crippen LogP contribution in [0.3, 0.4) is 0 Å². The molecule has 0 radical (unpaired) electrons. The number of imidazole rings is 1. The molecule has 0 fully saturated rings. The van der Waals surface area contributed by atoms with E-state index in [-0.39, 0.29) is 0 Å². The fraction of sp³-hybridized carbons (Fsp3) is 0. The Bertz CT molecular complexity index is 3490. The second kappa shape index (κ2) is 13.6. The number of furan rings is 1. The first-order valence-corrected chi connectivity index (χ1v) is 20.5. The predicted octanol–water partition coefficient (Wildman–Crippen LogP) is 5.19. The molecular weight excluding hydrogens is 711 g/mol. The van der Waals surface area contributed by atoms with E-state index in [1.54, 1.807) is 0 Å². The zero-order valence-electron chi connectivity index (χ0n) is 33.9. The van der Waals surface area contributed by atoms with Crippen LogP contribution >= 0.6 is 0 Å². The first-order chi connectivity index (χ1) is 28.9. The van der Waals surface area contributed by atoms with Crippen molar-refractivity contribution in [2.24, 2.45) is 0 Å². The number of nitrogens with zero attached hydrogens (tertiary/aromatic N) is 2. The third kappa shape index (κ3) is 5.47. The molecule has 0 amide bonds. The van der Waals surface area contributed by atoms with Gasteiger partial charge in [-0.25, -0.2) is 4.98 Å². The summed E-state index contributed by atoms with van der Waals surface area (Å²) >= 11 is 0. The van der Waals surface area contributed by atoms with Crippen molar-refractivity contribution in [3.63, 3.8) is 0 Å². The predicted molar refractivity (Wildman–Crippen MR) is 266 cm³/mol. The van der Waals surface area contributed by atoms with Gasteiger partial charge in [-0.05, 0) is 103 Å². The average Bonchev–Trinajstić information content (AvgIpc) is 3.85. The molecular formula is C51H37B5N2O. The summed E-state index contributed by atoms with van der Waals surface area (Å²) in [5.41, 5.74) is 19.9. The summed E-state index contributed by atoms with van der Waals surface area (Å²) in [5.74, 6) is 0.976. The summed E-state index contributed by atoms with van der Waals surface area (Å²) in [4.78, 5) is 5.37. The normalized spacial score (nSPS) is 11.7. The maximum absolute atomic E-state index is 6.30. The molecule has 272 valence electrons. The van der Waals surface area contributed by atoms with Gasteiger partial charge in [0.15, 0.2) is 0 Å². The zero-order valence-corrected chi connectivity index (χ0v) is 33.9. The SMILES string of the molecule is Bc1c(B)c(B)c(-c2nc3ccccc3n2-c2cccc(-c3c4ccccc4c(-c4ccc5oc6ccccc6c5c4)c4cc(-c5ccccc5)ccc34)c2)c(B)c1B. The van der Waals surface area contributed by atoms with E-state index in [1.165, 1.54) is 82.2 Å². The lowest BCUT2D eigenvalue weighted by Crippen LogP contribution is -2.55. The standard InChI is InChI=1S/C51H37B5N2O/c52-46-45(47(53)49(55)50(56)48(46)54)51-57-39-18-7-8-19-40(39)58(51)32-14-10-13-30(25-32)43-34-16-4-5-17-35(34)44(38-26-29(21-23-36(38)43)28-11-2-1-3-12-28)31-22-24-42-37(27-31)33-15-6-9-20-41(33)59-42/h1-27H,52-56H2. The Hall–Kier alpha value is -6.91. The molecule has 0 aliphatic rings. The van der Waals surface area contributed by atoms with Gasteiger partial charge in [0.25, 0.3) is 0 Å². The van der Waals surface area contributed by atoms with Crippen LogP contribution in [0.25, 0.3) is 105 Å². The number of hydrogen-bond acceptors (Lipinski definition) is 2. The number of aromatic nitrogens is 2. The minimum Gasteiger partial charge on any atom is -0.456 e. The molecule has 2 heterocycles. The smallest absolute Gasteiger partial charge is 0.144 e. The lowest BCUT2D eigenvalue weighted by Gasteiger charge is -2.21. The van der Waals surface area contributed by atoms with Crippen LogP contribution in [-0.2, 0) is 0 Å². The van der Waals surface area contributed by atoms with Crippen molar-refractivity contribution in [2.45, 2.75) is 0 Å². The third-order valence-electron chi connectivity index (χ3n) is 13.0. The highest BCUT2D eigenvalue weighted by Crippen LogP contribution is 2.46. The van der Waals surface area contributed by atoms with Crippen LogP contribution in [0.1, 0.15) is 0 Å². The Morgan fingerprint density at radius 3 is 1.71 bits per heavy atom. The minimum absolute atomic E-state index is 0.898. The van der Waals surface area contributed by atoms with E-state index in [1.807, 2.05) is 6.07 Å². The molecule has 59 heavy (non-hydrogen) atoms. The third-order valence-corrected chi connectivity index (χ3v) is 13.0. The van der Waals surface area contributed by atoms with E-state index in [0.29, 0.717) is 0 Å². The van der Waals surface area contributed by atoms with Crippen molar-refractivity contribution in [3.8, 4) is 50.5 Å². The minimum atomic E-state index is 0.898. The zero-order chi connectivity index (χ0) is 39.9. The highest BCUT2D eigenvalue weighted by atomic mass is 16.3. The van der Waals surface area contributed by atoms with Crippen molar-refractivity contribution in [3.05, 3.63) is 164 Å². The van der Waals surface area contributed by atoms with Crippen LogP contribution < -0.4 is 27.3 Å². The van der Waals surface area contributed by atoms with Gasteiger partial charge >= 0.3 is 0 Å². The maximum Gasteiger partial charge on any atom is 0.144 e. The van der Waals surface area contributed by atoms with Crippen LogP contribution in [0.15, 0.2) is 168 Å². The van der Waals surface area contributed by atoms with E-state index in [4.69, 9.17) is 9.40 Å². The molecule has 0 spiro atoms. The molecule has 0 bridgehead atoms. The molecule has 0 aliphatic heterocycles. The van der Waals surface area contributed by atoms with Crippen LogP contribution in [0, 0.1) is 0 Å². The van der Waals surface area contributed by atoms with Gasteiger partial charge in [0.1, 0.15) is 56.2 Å². The Balaban J connectivity index is 1.20. The van der Waals surface area contributed by atoms with Crippen molar-refractivity contribution in [1.82, 2.24) is 9.55 Å². The molecule has 0 saturated heterocycles. The number of hydrogen-bond donors (Lipinski definition) is 0. The largest absolute Gasteiger partial charge is 0.456 e. The summed E-state index contributed by atoms with van der Waals surface area (Å²) in [6.45, 7) is 0. The van der Waals surface area contributed by atoms with Crippen LogP contribution in [0.4, 0.5) is 0 Å². The molecule has 0 saturated carbocycles. The van der Waals surface area contributed by atoms with Gasteiger partial charge < -0.3 is 4.42 Å². The van der Waals surface area contributed by atoms with Gasteiger partial charge in [0.05, 0.1) is 11.0 Å². The monoisotopic (exact) mass is 748 g/mol. The molecule has 8 heteroatoms. The lowest BCUT2D eigenvalue weighted by atomic mass is 9.60. The summed E-state index contributed by atoms with van der Waals surface area (Å²) < 4.78 is 8.67. The van der Waals surface area contributed by atoms with E-state index >= 15 is 0 Å². The molecule has 0 N–H and O–H groups in total. The molecule has 0 unspecified atom stereocenters. The van der Waals surface area contributed by atoms with E-state index in [2.05, 4.69) is 202 Å². The number of para-hydroxylation sites is 3. The Morgan fingerprint density at radius 2 is 0.932 bits per heavy atom. The summed E-state index contributed by atoms with van der Waals surface area (Å²) in [5, 5.41) is 7.10.